The van der Waals surface area contributed by atoms with Crippen LogP contribution < -0.4 is 10.5 Å². The zero-order valence-corrected chi connectivity index (χ0v) is 13.4. The molecule has 112 valence electrons. The lowest BCUT2D eigenvalue weighted by atomic mass is 9.70. The van der Waals surface area contributed by atoms with Crippen molar-refractivity contribution in [3.63, 3.8) is 0 Å². The van der Waals surface area contributed by atoms with E-state index < -0.39 is 0 Å². The van der Waals surface area contributed by atoms with Gasteiger partial charge in [0.1, 0.15) is 5.75 Å². The van der Waals surface area contributed by atoms with Gasteiger partial charge in [0.15, 0.2) is 0 Å². The maximum atomic E-state index is 6.15. The number of benzene rings is 1. The number of methoxy groups -OCH3 is 1. The van der Waals surface area contributed by atoms with Gasteiger partial charge in [-0.3, -0.25) is 0 Å². The van der Waals surface area contributed by atoms with Crippen LogP contribution in [-0.2, 0) is 0 Å². The molecule has 1 aromatic rings. The lowest BCUT2D eigenvalue weighted by Crippen LogP contribution is -2.29. The van der Waals surface area contributed by atoms with Gasteiger partial charge in [0.2, 0.25) is 0 Å². The molecule has 20 heavy (non-hydrogen) atoms. The lowest BCUT2D eigenvalue weighted by molar-refractivity contribution is 0.216. The molecule has 2 N–H and O–H groups in total. The fourth-order valence-electron chi connectivity index (χ4n) is 3.75. The predicted octanol–water partition coefficient (Wildman–Crippen LogP) is 4.18. The topological polar surface area (TPSA) is 35.2 Å². The van der Waals surface area contributed by atoms with Crippen LogP contribution >= 0.6 is 0 Å². The van der Waals surface area contributed by atoms with E-state index >= 15 is 0 Å². The van der Waals surface area contributed by atoms with Crippen LogP contribution in [0.25, 0.3) is 0 Å². The molecule has 0 heterocycles. The van der Waals surface area contributed by atoms with Gasteiger partial charge in [-0.1, -0.05) is 32.3 Å². The Morgan fingerprint density at radius 1 is 1.20 bits per heavy atom. The molecule has 1 aliphatic rings. The highest BCUT2D eigenvalue weighted by atomic mass is 16.5. The molecule has 2 nitrogen and oxygen atoms in total. The molecule has 0 bridgehead atoms. The number of hydrogen-bond donors (Lipinski definition) is 1. The van der Waals surface area contributed by atoms with Gasteiger partial charge < -0.3 is 10.5 Å². The normalized spacial score (nSPS) is 24.4. The van der Waals surface area contributed by atoms with Gasteiger partial charge in [-0.2, -0.15) is 0 Å². The molecule has 0 radical (unpaired) electrons. The van der Waals surface area contributed by atoms with Crippen molar-refractivity contribution in [2.75, 3.05) is 13.7 Å². The van der Waals surface area contributed by atoms with Crippen molar-refractivity contribution in [1.29, 1.82) is 0 Å². The van der Waals surface area contributed by atoms with Crippen molar-refractivity contribution in [2.45, 2.75) is 52.4 Å². The number of aryl methyl sites for hydroxylation is 2. The van der Waals surface area contributed by atoms with Gasteiger partial charge >= 0.3 is 0 Å². The first kappa shape index (κ1) is 15.4. The average molecular weight is 275 g/mol. The van der Waals surface area contributed by atoms with Crippen molar-refractivity contribution in [3.05, 3.63) is 28.8 Å². The summed E-state index contributed by atoms with van der Waals surface area (Å²) < 4.78 is 5.63. The zero-order chi connectivity index (χ0) is 14.7. The predicted molar refractivity (Wildman–Crippen MR) is 85.4 cm³/mol. The highest BCUT2D eigenvalue weighted by Gasteiger charge is 2.31. The van der Waals surface area contributed by atoms with Gasteiger partial charge in [0.25, 0.3) is 0 Å². The molecular formula is C18H29NO. The van der Waals surface area contributed by atoms with Crippen LogP contribution in [0.2, 0.25) is 0 Å². The third-order valence-electron chi connectivity index (χ3n) is 5.19. The third-order valence-corrected chi connectivity index (χ3v) is 5.19. The highest BCUT2D eigenvalue weighted by Crippen LogP contribution is 2.42. The second-order valence-electron chi connectivity index (χ2n) is 6.45. The van der Waals surface area contributed by atoms with E-state index in [1.54, 1.807) is 7.11 Å². The fraction of sp³-hybridized carbons (Fsp3) is 0.667. The Balaban J connectivity index is 2.37. The standard InChI is InChI=1S/C18H29NO/c1-12-7-5-6-8-15(12)17(11-19)16-9-13(2)14(3)10-18(16)20-4/h9-10,12,15,17H,5-8,11,19H2,1-4H3. The van der Waals surface area contributed by atoms with E-state index in [4.69, 9.17) is 10.5 Å². The van der Waals surface area contributed by atoms with Crippen LogP contribution in [0.5, 0.6) is 5.75 Å². The Labute approximate surface area is 123 Å². The number of ether oxygens (including phenoxy) is 1. The molecule has 1 aliphatic carbocycles. The van der Waals surface area contributed by atoms with Gasteiger partial charge in [-0.25, -0.2) is 0 Å². The fourth-order valence-corrected chi connectivity index (χ4v) is 3.75. The molecule has 1 fully saturated rings. The van der Waals surface area contributed by atoms with Gasteiger partial charge in [0, 0.05) is 5.92 Å². The Morgan fingerprint density at radius 2 is 1.85 bits per heavy atom. The SMILES string of the molecule is COc1cc(C)c(C)cc1C(CN)C1CCCCC1C. The van der Waals surface area contributed by atoms with E-state index in [0.29, 0.717) is 18.4 Å². The van der Waals surface area contributed by atoms with Crippen LogP contribution in [0, 0.1) is 25.7 Å². The molecule has 0 amide bonds. The van der Waals surface area contributed by atoms with Crippen molar-refractivity contribution >= 4 is 0 Å². The van der Waals surface area contributed by atoms with Crippen molar-refractivity contribution in [3.8, 4) is 5.75 Å². The maximum absolute atomic E-state index is 6.15. The first-order valence-electron chi connectivity index (χ1n) is 7.93. The monoisotopic (exact) mass is 275 g/mol. The zero-order valence-electron chi connectivity index (χ0n) is 13.4. The van der Waals surface area contributed by atoms with Gasteiger partial charge in [-0.15, -0.1) is 0 Å². The summed E-state index contributed by atoms with van der Waals surface area (Å²) in [5.74, 6) is 2.91. The van der Waals surface area contributed by atoms with Crippen molar-refractivity contribution in [2.24, 2.45) is 17.6 Å². The van der Waals surface area contributed by atoms with Crippen LogP contribution in [0.15, 0.2) is 12.1 Å². The summed E-state index contributed by atoms with van der Waals surface area (Å²) in [7, 11) is 1.77. The molecule has 1 saturated carbocycles. The summed E-state index contributed by atoms with van der Waals surface area (Å²) in [6, 6.07) is 4.47. The maximum Gasteiger partial charge on any atom is 0.122 e. The van der Waals surface area contributed by atoms with E-state index in [1.165, 1.54) is 42.4 Å². The Hall–Kier alpha value is -1.02. The lowest BCUT2D eigenvalue weighted by Gasteiger charge is -2.36. The summed E-state index contributed by atoms with van der Waals surface area (Å²) in [5.41, 5.74) is 10.1. The molecule has 2 rings (SSSR count). The minimum Gasteiger partial charge on any atom is -0.496 e. The van der Waals surface area contributed by atoms with Crippen molar-refractivity contribution < 1.29 is 4.74 Å². The van der Waals surface area contributed by atoms with E-state index in [0.717, 1.165) is 11.7 Å². The average Bonchev–Trinajstić information content (AvgIpc) is 2.45. The molecule has 0 saturated heterocycles. The summed E-state index contributed by atoms with van der Waals surface area (Å²) in [6.45, 7) is 7.42. The molecule has 0 aromatic heterocycles. The van der Waals surface area contributed by atoms with Gasteiger partial charge in [-0.05, 0) is 61.4 Å². The smallest absolute Gasteiger partial charge is 0.122 e. The van der Waals surface area contributed by atoms with E-state index in [1.807, 2.05) is 0 Å². The highest BCUT2D eigenvalue weighted by molar-refractivity contribution is 5.44. The molecule has 1 aromatic carbocycles. The number of rotatable bonds is 4. The second-order valence-corrected chi connectivity index (χ2v) is 6.45. The summed E-state index contributed by atoms with van der Waals surface area (Å²) in [6.07, 6.45) is 5.37. The van der Waals surface area contributed by atoms with Crippen molar-refractivity contribution in [1.82, 2.24) is 0 Å². The molecule has 0 spiro atoms. The van der Waals surface area contributed by atoms with Gasteiger partial charge in [0.05, 0.1) is 7.11 Å². The van der Waals surface area contributed by atoms with Crippen LogP contribution in [0.1, 0.15) is 55.2 Å². The molecule has 0 aliphatic heterocycles. The summed E-state index contributed by atoms with van der Waals surface area (Å²) in [4.78, 5) is 0. The van der Waals surface area contributed by atoms with Crippen LogP contribution in [0.4, 0.5) is 0 Å². The van der Waals surface area contributed by atoms with E-state index in [-0.39, 0.29) is 0 Å². The largest absolute Gasteiger partial charge is 0.496 e. The quantitative estimate of drug-likeness (QED) is 0.894. The summed E-state index contributed by atoms with van der Waals surface area (Å²) >= 11 is 0. The molecular weight excluding hydrogens is 246 g/mol. The molecule has 2 heteroatoms. The van der Waals surface area contributed by atoms with Crippen LogP contribution in [-0.4, -0.2) is 13.7 Å². The Kier molecular flexibility index (Phi) is 5.09. The third kappa shape index (κ3) is 3.01. The second kappa shape index (κ2) is 6.62. The Bertz CT molecular complexity index is 455. The number of nitrogens with two attached hydrogens (primary N) is 1. The van der Waals surface area contributed by atoms with E-state index in [9.17, 15) is 0 Å². The van der Waals surface area contributed by atoms with E-state index in [2.05, 4.69) is 32.9 Å². The first-order chi connectivity index (χ1) is 9.58. The van der Waals surface area contributed by atoms with Crippen LogP contribution in [0.3, 0.4) is 0 Å². The Morgan fingerprint density at radius 3 is 2.45 bits per heavy atom. The molecule has 3 atom stereocenters. The number of hydrogen-bond acceptors (Lipinski definition) is 2. The minimum atomic E-state index is 0.430. The summed E-state index contributed by atoms with van der Waals surface area (Å²) in [5, 5.41) is 0. The first-order valence-corrected chi connectivity index (χ1v) is 7.93. The minimum absolute atomic E-state index is 0.430. The molecule has 3 unspecified atom stereocenters.